The standard InChI is InChI=1S/C17H29N3O2.HI/c1-4-18-16(20-14-9-7-13(2)8-10-14)19-12-17(3,21)15-6-5-11-22-15;/h5-6,11,13-14,21H,4,7-10,12H2,1-3H3,(H2,18,19,20);1H. The molecule has 1 unspecified atom stereocenters. The lowest BCUT2D eigenvalue weighted by Gasteiger charge is -2.28. The highest BCUT2D eigenvalue weighted by Crippen LogP contribution is 2.24. The van der Waals surface area contributed by atoms with E-state index in [9.17, 15) is 5.11 Å². The van der Waals surface area contributed by atoms with E-state index in [1.54, 1.807) is 25.3 Å². The van der Waals surface area contributed by atoms with Crippen LogP contribution >= 0.6 is 24.0 Å². The molecule has 1 saturated carbocycles. The summed E-state index contributed by atoms with van der Waals surface area (Å²) < 4.78 is 5.29. The van der Waals surface area contributed by atoms with Crippen LogP contribution in [0.25, 0.3) is 0 Å². The highest BCUT2D eigenvalue weighted by Gasteiger charge is 2.26. The number of hydrogen-bond donors (Lipinski definition) is 3. The van der Waals surface area contributed by atoms with E-state index in [1.807, 2.05) is 6.92 Å². The fourth-order valence-corrected chi connectivity index (χ4v) is 2.81. The summed E-state index contributed by atoms with van der Waals surface area (Å²) in [7, 11) is 0. The maximum atomic E-state index is 10.5. The molecule has 0 aromatic carbocycles. The monoisotopic (exact) mass is 435 g/mol. The molecule has 1 aliphatic rings. The van der Waals surface area contributed by atoms with Crippen LogP contribution in [0.4, 0.5) is 0 Å². The lowest BCUT2D eigenvalue weighted by atomic mass is 9.87. The van der Waals surface area contributed by atoms with Gasteiger partial charge in [0, 0.05) is 12.6 Å². The normalized spacial score (nSPS) is 24.4. The molecular weight excluding hydrogens is 405 g/mol. The van der Waals surface area contributed by atoms with Gasteiger partial charge in [0.25, 0.3) is 0 Å². The van der Waals surface area contributed by atoms with E-state index in [0.29, 0.717) is 11.8 Å². The van der Waals surface area contributed by atoms with E-state index >= 15 is 0 Å². The highest BCUT2D eigenvalue weighted by molar-refractivity contribution is 14.0. The number of rotatable bonds is 5. The van der Waals surface area contributed by atoms with E-state index in [4.69, 9.17) is 4.42 Å². The lowest BCUT2D eigenvalue weighted by molar-refractivity contribution is 0.0436. The Kier molecular flexibility index (Phi) is 8.39. The van der Waals surface area contributed by atoms with Crippen LogP contribution in [0.1, 0.15) is 52.2 Å². The molecule has 2 rings (SSSR count). The summed E-state index contributed by atoms with van der Waals surface area (Å²) in [5.41, 5.74) is -1.09. The van der Waals surface area contributed by atoms with Gasteiger partial charge in [-0.1, -0.05) is 6.92 Å². The molecule has 1 aromatic heterocycles. The second-order valence-electron chi connectivity index (χ2n) is 6.55. The Morgan fingerprint density at radius 1 is 1.39 bits per heavy atom. The van der Waals surface area contributed by atoms with Gasteiger partial charge >= 0.3 is 0 Å². The van der Waals surface area contributed by atoms with Crippen LogP contribution in [0.3, 0.4) is 0 Å². The zero-order chi connectivity index (χ0) is 16.0. The van der Waals surface area contributed by atoms with Gasteiger partial charge in [0.05, 0.1) is 12.8 Å². The SMILES string of the molecule is CCNC(=NCC(C)(O)c1ccco1)NC1CCC(C)CC1.I. The molecule has 23 heavy (non-hydrogen) atoms. The van der Waals surface area contributed by atoms with Crippen LogP contribution in [-0.4, -0.2) is 30.2 Å². The number of aliphatic hydroxyl groups is 1. The molecule has 0 amide bonds. The topological polar surface area (TPSA) is 69.8 Å². The number of nitrogens with zero attached hydrogens (tertiary/aromatic N) is 1. The third kappa shape index (κ3) is 6.33. The largest absolute Gasteiger partial charge is 0.466 e. The number of nitrogens with one attached hydrogen (secondary N) is 2. The predicted octanol–water partition coefficient (Wildman–Crippen LogP) is 3.24. The molecule has 132 valence electrons. The second-order valence-corrected chi connectivity index (χ2v) is 6.55. The van der Waals surface area contributed by atoms with Gasteiger partial charge in [-0.2, -0.15) is 0 Å². The fourth-order valence-electron chi connectivity index (χ4n) is 2.81. The third-order valence-corrected chi connectivity index (χ3v) is 4.30. The summed E-state index contributed by atoms with van der Waals surface area (Å²) in [6.45, 7) is 7.15. The molecule has 0 bridgehead atoms. The van der Waals surface area contributed by atoms with E-state index < -0.39 is 5.60 Å². The summed E-state index contributed by atoms with van der Waals surface area (Å²) in [4.78, 5) is 4.54. The molecule has 5 nitrogen and oxygen atoms in total. The first-order chi connectivity index (χ1) is 10.5. The summed E-state index contributed by atoms with van der Waals surface area (Å²) in [6, 6.07) is 4.03. The first-order valence-electron chi connectivity index (χ1n) is 8.32. The second kappa shape index (κ2) is 9.52. The van der Waals surface area contributed by atoms with Crippen LogP contribution in [0.15, 0.2) is 27.8 Å². The lowest BCUT2D eigenvalue weighted by Crippen LogP contribution is -2.45. The van der Waals surface area contributed by atoms with Crippen LogP contribution in [0, 0.1) is 5.92 Å². The van der Waals surface area contributed by atoms with Crippen LogP contribution in [0.2, 0.25) is 0 Å². The van der Waals surface area contributed by atoms with Gasteiger partial charge in [0.1, 0.15) is 11.4 Å². The predicted molar refractivity (Wildman–Crippen MR) is 104 cm³/mol. The number of guanidine groups is 1. The van der Waals surface area contributed by atoms with E-state index in [2.05, 4.69) is 22.5 Å². The van der Waals surface area contributed by atoms with Crippen molar-refractivity contribution in [3.05, 3.63) is 24.2 Å². The number of halogens is 1. The summed E-state index contributed by atoms with van der Waals surface area (Å²) in [6.07, 6.45) is 6.46. The Morgan fingerprint density at radius 3 is 2.65 bits per heavy atom. The van der Waals surface area contributed by atoms with Gasteiger partial charge in [0.15, 0.2) is 5.96 Å². The van der Waals surface area contributed by atoms with Crippen molar-refractivity contribution in [2.45, 2.75) is 58.1 Å². The van der Waals surface area contributed by atoms with Crippen LogP contribution in [0.5, 0.6) is 0 Å². The molecule has 1 fully saturated rings. The molecule has 1 aliphatic carbocycles. The molecular formula is C17H30IN3O2. The molecule has 0 spiro atoms. The molecule has 1 heterocycles. The molecule has 0 radical (unpaired) electrons. The smallest absolute Gasteiger partial charge is 0.191 e. The van der Waals surface area contributed by atoms with E-state index in [1.165, 1.54) is 25.7 Å². The maximum absolute atomic E-state index is 10.5. The third-order valence-electron chi connectivity index (χ3n) is 4.30. The molecule has 0 saturated heterocycles. The maximum Gasteiger partial charge on any atom is 0.191 e. The van der Waals surface area contributed by atoms with Crippen LogP contribution in [-0.2, 0) is 5.60 Å². The van der Waals surface area contributed by atoms with Crippen molar-refractivity contribution in [3.8, 4) is 0 Å². The Morgan fingerprint density at radius 2 is 2.09 bits per heavy atom. The van der Waals surface area contributed by atoms with Crippen molar-refractivity contribution >= 4 is 29.9 Å². The Labute approximate surface area is 156 Å². The minimum atomic E-state index is -1.09. The quantitative estimate of drug-likeness (QED) is 0.378. The zero-order valence-corrected chi connectivity index (χ0v) is 16.7. The molecule has 1 atom stereocenters. The first-order valence-corrected chi connectivity index (χ1v) is 8.32. The Balaban J connectivity index is 0.00000264. The average molecular weight is 435 g/mol. The van der Waals surface area contributed by atoms with Crippen molar-refractivity contribution < 1.29 is 9.52 Å². The minimum Gasteiger partial charge on any atom is -0.466 e. The van der Waals surface area contributed by atoms with Crippen molar-refractivity contribution in [2.24, 2.45) is 10.9 Å². The van der Waals surface area contributed by atoms with Crippen molar-refractivity contribution in [1.29, 1.82) is 0 Å². The van der Waals surface area contributed by atoms with Crippen molar-refractivity contribution in [2.75, 3.05) is 13.1 Å². The first kappa shape index (κ1) is 20.3. The van der Waals surface area contributed by atoms with Gasteiger partial charge in [-0.15, -0.1) is 24.0 Å². The molecule has 1 aromatic rings. The fraction of sp³-hybridized carbons (Fsp3) is 0.706. The Hall–Kier alpha value is -0.760. The molecule has 6 heteroatoms. The van der Waals surface area contributed by atoms with Gasteiger partial charge in [-0.05, 0) is 57.6 Å². The minimum absolute atomic E-state index is 0. The summed E-state index contributed by atoms with van der Waals surface area (Å²) in [5, 5.41) is 17.2. The molecule has 0 aliphatic heterocycles. The van der Waals surface area contributed by atoms with Gasteiger partial charge in [0.2, 0.25) is 0 Å². The van der Waals surface area contributed by atoms with Crippen molar-refractivity contribution in [3.63, 3.8) is 0 Å². The Bertz CT molecular complexity index is 466. The zero-order valence-electron chi connectivity index (χ0n) is 14.3. The van der Waals surface area contributed by atoms with E-state index in [-0.39, 0.29) is 30.5 Å². The number of hydrogen-bond acceptors (Lipinski definition) is 3. The van der Waals surface area contributed by atoms with Crippen molar-refractivity contribution in [1.82, 2.24) is 10.6 Å². The summed E-state index contributed by atoms with van der Waals surface area (Å²) >= 11 is 0. The van der Waals surface area contributed by atoms with E-state index in [0.717, 1.165) is 18.4 Å². The number of aliphatic imine (C=N–C) groups is 1. The van der Waals surface area contributed by atoms with Gasteiger partial charge < -0.3 is 20.2 Å². The van der Waals surface area contributed by atoms with Gasteiger partial charge in [-0.25, -0.2) is 4.99 Å². The molecule has 3 N–H and O–H groups in total. The van der Waals surface area contributed by atoms with Gasteiger partial charge in [-0.3, -0.25) is 0 Å². The highest BCUT2D eigenvalue weighted by atomic mass is 127. The van der Waals surface area contributed by atoms with Crippen LogP contribution < -0.4 is 10.6 Å². The average Bonchev–Trinajstić information content (AvgIpc) is 3.02. The number of furan rings is 1. The summed E-state index contributed by atoms with van der Waals surface area (Å²) in [5.74, 6) is 2.14.